The highest BCUT2D eigenvalue weighted by atomic mass is 79.9. The van der Waals surface area contributed by atoms with Gasteiger partial charge in [0.2, 0.25) is 12.7 Å². The number of aliphatic hydroxyl groups excluding tert-OH is 1. The number of ether oxygens (including phenoxy) is 3. The van der Waals surface area contributed by atoms with Crippen LogP contribution in [0.1, 0.15) is 6.92 Å². The van der Waals surface area contributed by atoms with Crippen molar-refractivity contribution >= 4 is 33.6 Å². The number of halogens is 1. The van der Waals surface area contributed by atoms with Crippen LogP contribution in [0, 0.1) is 0 Å². The zero-order valence-electron chi connectivity index (χ0n) is 14.7. The van der Waals surface area contributed by atoms with Gasteiger partial charge in [0.15, 0.2) is 11.5 Å². The molecule has 2 unspecified atom stereocenters. The average molecular weight is 454 g/mol. The summed E-state index contributed by atoms with van der Waals surface area (Å²) >= 11 is 4.85. The van der Waals surface area contributed by atoms with Crippen molar-refractivity contribution in [1.29, 1.82) is 0 Å². The van der Waals surface area contributed by atoms with Gasteiger partial charge in [0.1, 0.15) is 18.5 Å². The zero-order valence-corrected chi connectivity index (χ0v) is 17.1. The van der Waals surface area contributed by atoms with Gasteiger partial charge in [-0.05, 0) is 43.3 Å². The van der Waals surface area contributed by atoms with Gasteiger partial charge in [-0.25, -0.2) is 0 Å². The van der Waals surface area contributed by atoms with E-state index in [0.717, 1.165) is 9.37 Å². The maximum Gasteiger partial charge on any atom is 0.233 e. The van der Waals surface area contributed by atoms with Crippen molar-refractivity contribution in [1.82, 2.24) is 5.32 Å². The van der Waals surface area contributed by atoms with E-state index >= 15 is 0 Å². The van der Waals surface area contributed by atoms with Crippen molar-refractivity contribution in [3.8, 4) is 17.2 Å². The number of nitrogens with one attached hydrogen (secondary N) is 1. The molecule has 0 saturated heterocycles. The Balaban J connectivity index is 1.39. The minimum atomic E-state index is -0.816. The molecular weight excluding hydrogens is 434 g/mol. The van der Waals surface area contributed by atoms with E-state index in [-0.39, 0.29) is 31.1 Å². The smallest absolute Gasteiger partial charge is 0.233 e. The maximum atomic E-state index is 12.2. The summed E-state index contributed by atoms with van der Waals surface area (Å²) in [5, 5.41) is 12.5. The molecule has 0 spiro atoms. The van der Waals surface area contributed by atoms with Gasteiger partial charge in [-0.1, -0.05) is 15.9 Å². The first-order valence-electron chi connectivity index (χ1n) is 8.42. The Hall–Kier alpha value is -1.90. The summed E-state index contributed by atoms with van der Waals surface area (Å²) in [6.45, 7) is 2.21. The molecular formula is C19H20BrNO5S. The number of carbonyl (C=O) groups excluding carboxylic acids is 1. The second-order valence-electron chi connectivity index (χ2n) is 5.94. The lowest BCUT2D eigenvalue weighted by molar-refractivity contribution is -0.120. The first-order chi connectivity index (χ1) is 13.0. The van der Waals surface area contributed by atoms with Crippen LogP contribution < -0.4 is 19.5 Å². The van der Waals surface area contributed by atoms with Crippen LogP contribution >= 0.6 is 27.7 Å². The molecule has 27 heavy (non-hydrogen) atoms. The van der Waals surface area contributed by atoms with E-state index in [1.54, 1.807) is 18.2 Å². The molecule has 1 aliphatic heterocycles. The fraction of sp³-hybridized carbons (Fsp3) is 0.316. The quantitative estimate of drug-likeness (QED) is 0.597. The molecule has 2 atom stereocenters. The molecule has 8 heteroatoms. The highest BCUT2D eigenvalue weighted by molar-refractivity contribution is 9.10. The van der Waals surface area contributed by atoms with Crippen molar-refractivity contribution in [3.05, 3.63) is 46.9 Å². The Morgan fingerprint density at radius 2 is 2.00 bits per heavy atom. The number of benzene rings is 2. The lowest BCUT2D eigenvalue weighted by atomic mass is 10.3. The van der Waals surface area contributed by atoms with E-state index in [0.29, 0.717) is 17.2 Å². The van der Waals surface area contributed by atoms with E-state index in [9.17, 15) is 9.90 Å². The number of thioether (sulfide) groups is 1. The van der Waals surface area contributed by atoms with Gasteiger partial charge < -0.3 is 24.6 Å². The highest BCUT2D eigenvalue weighted by Gasteiger charge is 2.17. The summed E-state index contributed by atoms with van der Waals surface area (Å²) in [6.07, 6.45) is -0.816. The van der Waals surface area contributed by atoms with Gasteiger partial charge in [-0.2, -0.15) is 0 Å². The van der Waals surface area contributed by atoms with Gasteiger partial charge in [0, 0.05) is 22.0 Å². The van der Waals surface area contributed by atoms with E-state index in [1.165, 1.54) is 11.8 Å². The number of fused-ring (bicyclic) bond motifs is 1. The first kappa shape index (κ1) is 19.9. The van der Waals surface area contributed by atoms with Crippen LogP contribution in [-0.4, -0.2) is 42.3 Å². The standard InChI is InChI=1S/C19H20BrNO5S/c1-12(27-16-5-2-13(20)3-6-16)19(23)21-9-14(22)10-24-15-4-7-17-18(8-15)26-11-25-17/h2-8,12,14,22H,9-11H2,1H3,(H,21,23). The summed E-state index contributed by atoms with van der Waals surface area (Å²) in [5.74, 6) is 1.73. The van der Waals surface area contributed by atoms with Gasteiger partial charge in [-0.15, -0.1) is 11.8 Å². The second kappa shape index (κ2) is 9.34. The Morgan fingerprint density at radius 3 is 2.78 bits per heavy atom. The SMILES string of the molecule is CC(Sc1ccc(Br)cc1)C(=O)NCC(O)COc1ccc2c(c1)OCO2. The van der Waals surface area contributed by atoms with Crippen LogP contribution in [0.15, 0.2) is 51.8 Å². The largest absolute Gasteiger partial charge is 0.491 e. The Bertz CT molecular complexity index is 786. The molecule has 0 radical (unpaired) electrons. The van der Waals surface area contributed by atoms with Crippen LogP contribution in [0.4, 0.5) is 0 Å². The predicted molar refractivity (Wildman–Crippen MR) is 107 cm³/mol. The number of carbonyl (C=O) groups is 1. The molecule has 0 aromatic heterocycles. The van der Waals surface area contributed by atoms with Crippen molar-refractivity contribution in [2.24, 2.45) is 0 Å². The molecule has 0 aliphatic carbocycles. The third-order valence-electron chi connectivity index (χ3n) is 3.79. The number of amides is 1. The third-order valence-corrected chi connectivity index (χ3v) is 5.43. The second-order valence-corrected chi connectivity index (χ2v) is 8.27. The fourth-order valence-corrected chi connectivity index (χ4v) is 3.51. The molecule has 144 valence electrons. The Morgan fingerprint density at radius 1 is 1.26 bits per heavy atom. The molecule has 0 saturated carbocycles. The molecule has 2 N–H and O–H groups in total. The fourth-order valence-electron chi connectivity index (χ4n) is 2.35. The van der Waals surface area contributed by atoms with Crippen molar-refractivity contribution in [2.75, 3.05) is 19.9 Å². The van der Waals surface area contributed by atoms with Crippen molar-refractivity contribution in [3.63, 3.8) is 0 Å². The number of rotatable bonds is 8. The molecule has 1 heterocycles. The van der Waals surface area contributed by atoms with E-state index in [4.69, 9.17) is 14.2 Å². The molecule has 2 aromatic rings. The minimum absolute atomic E-state index is 0.0637. The molecule has 0 fully saturated rings. The first-order valence-corrected chi connectivity index (χ1v) is 10.1. The van der Waals surface area contributed by atoms with Crippen LogP contribution in [0.25, 0.3) is 0 Å². The molecule has 1 aliphatic rings. The topological polar surface area (TPSA) is 77.0 Å². The third kappa shape index (κ3) is 5.79. The highest BCUT2D eigenvalue weighted by Crippen LogP contribution is 2.35. The molecule has 2 aromatic carbocycles. The van der Waals surface area contributed by atoms with E-state index in [1.807, 2.05) is 31.2 Å². The molecule has 0 bridgehead atoms. The average Bonchev–Trinajstić information content (AvgIpc) is 3.14. The van der Waals surface area contributed by atoms with Crippen molar-refractivity contribution < 1.29 is 24.1 Å². The lowest BCUT2D eigenvalue weighted by Gasteiger charge is -2.16. The maximum absolute atomic E-state index is 12.2. The van der Waals surface area contributed by atoms with Crippen LogP contribution in [0.5, 0.6) is 17.2 Å². The molecule has 3 rings (SSSR count). The van der Waals surface area contributed by atoms with Gasteiger partial charge in [0.25, 0.3) is 0 Å². The Labute approximate surface area is 170 Å². The summed E-state index contributed by atoms with van der Waals surface area (Å²) in [7, 11) is 0. The normalized spacial score (nSPS) is 14.5. The van der Waals surface area contributed by atoms with Crippen molar-refractivity contribution in [2.45, 2.75) is 23.2 Å². The van der Waals surface area contributed by atoms with Crippen LogP contribution in [0.3, 0.4) is 0 Å². The summed E-state index contributed by atoms with van der Waals surface area (Å²) < 4.78 is 17.1. The summed E-state index contributed by atoms with van der Waals surface area (Å²) in [4.78, 5) is 13.2. The summed E-state index contributed by atoms with van der Waals surface area (Å²) in [5.41, 5.74) is 0. The lowest BCUT2D eigenvalue weighted by Crippen LogP contribution is -2.38. The van der Waals surface area contributed by atoms with Crippen LogP contribution in [0.2, 0.25) is 0 Å². The summed E-state index contributed by atoms with van der Waals surface area (Å²) in [6, 6.07) is 13.0. The minimum Gasteiger partial charge on any atom is -0.491 e. The van der Waals surface area contributed by atoms with E-state index in [2.05, 4.69) is 21.2 Å². The van der Waals surface area contributed by atoms with E-state index < -0.39 is 6.10 Å². The number of hydrogen-bond donors (Lipinski definition) is 2. The van der Waals surface area contributed by atoms with Gasteiger partial charge in [0.05, 0.1) is 5.25 Å². The Kier molecular flexibility index (Phi) is 6.87. The molecule has 6 nitrogen and oxygen atoms in total. The predicted octanol–water partition coefficient (Wildman–Crippen LogP) is 3.21. The monoisotopic (exact) mass is 453 g/mol. The van der Waals surface area contributed by atoms with Gasteiger partial charge in [-0.3, -0.25) is 4.79 Å². The van der Waals surface area contributed by atoms with Gasteiger partial charge >= 0.3 is 0 Å². The number of aliphatic hydroxyl groups is 1. The zero-order chi connectivity index (χ0) is 19.2. The number of hydrogen-bond acceptors (Lipinski definition) is 6. The molecule has 1 amide bonds. The van der Waals surface area contributed by atoms with Crippen LogP contribution in [-0.2, 0) is 4.79 Å².